The number of halogens is 1. The number of amides is 1. The van der Waals surface area contributed by atoms with Gasteiger partial charge in [0.15, 0.2) is 0 Å². The number of hydrogen-bond donors (Lipinski definition) is 2. The zero-order valence-corrected chi connectivity index (χ0v) is 14.0. The van der Waals surface area contributed by atoms with Crippen LogP contribution in [0.2, 0.25) is 5.02 Å². The van der Waals surface area contributed by atoms with E-state index in [1.165, 1.54) is 0 Å². The third-order valence-electron chi connectivity index (χ3n) is 3.92. The maximum atomic E-state index is 12.0. The molecule has 0 bridgehead atoms. The van der Waals surface area contributed by atoms with Crippen LogP contribution in [0.4, 0.5) is 0 Å². The summed E-state index contributed by atoms with van der Waals surface area (Å²) in [5.41, 5.74) is 1.67. The van der Waals surface area contributed by atoms with Crippen LogP contribution in [0.3, 0.4) is 0 Å². The molecule has 0 radical (unpaired) electrons. The normalized spacial score (nSPS) is 11.5. The molecular formula is C17H22ClN3O. The molecule has 1 aromatic heterocycles. The predicted molar refractivity (Wildman–Crippen MR) is 89.8 cm³/mol. The third-order valence-corrected chi connectivity index (χ3v) is 4.18. The summed E-state index contributed by atoms with van der Waals surface area (Å²) in [7, 11) is 0. The molecule has 0 fully saturated rings. The lowest BCUT2D eigenvalue weighted by atomic mass is 9.89. The number of aromatic amines is 1. The van der Waals surface area contributed by atoms with E-state index < -0.39 is 0 Å². The molecule has 22 heavy (non-hydrogen) atoms. The van der Waals surface area contributed by atoms with E-state index in [4.69, 9.17) is 11.6 Å². The molecule has 1 amide bonds. The van der Waals surface area contributed by atoms with E-state index in [0.717, 1.165) is 29.9 Å². The minimum atomic E-state index is -0.317. The first-order chi connectivity index (χ1) is 10.4. The van der Waals surface area contributed by atoms with Crippen LogP contribution in [0.5, 0.6) is 0 Å². The minimum Gasteiger partial charge on any atom is -0.355 e. The fraction of sp³-hybridized carbons (Fsp3) is 0.412. The number of imidazole rings is 1. The number of hydrogen-bond acceptors (Lipinski definition) is 2. The maximum Gasteiger partial charge on any atom is 0.225 e. The van der Waals surface area contributed by atoms with Crippen LogP contribution in [-0.4, -0.2) is 22.4 Å². The molecule has 0 aliphatic rings. The van der Waals surface area contributed by atoms with Gasteiger partial charge in [0.2, 0.25) is 5.91 Å². The Hall–Kier alpha value is -1.81. The van der Waals surface area contributed by atoms with Crippen molar-refractivity contribution in [3.63, 3.8) is 0 Å². The van der Waals surface area contributed by atoms with Crippen molar-refractivity contribution in [2.45, 2.75) is 33.6 Å². The van der Waals surface area contributed by atoms with Gasteiger partial charge in [0.25, 0.3) is 0 Å². The monoisotopic (exact) mass is 319 g/mol. The maximum absolute atomic E-state index is 12.0. The Morgan fingerprint density at radius 2 is 2.00 bits per heavy atom. The molecule has 2 aromatic rings. The summed E-state index contributed by atoms with van der Waals surface area (Å²) in [6.07, 6.45) is 3.36. The summed E-state index contributed by atoms with van der Waals surface area (Å²) in [6, 6.07) is 7.53. The molecule has 5 heteroatoms. The molecule has 1 aromatic carbocycles. The standard InChI is InChI=1S/C17H22ClN3O/c1-4-17(2,3)16(22)19-10-9-14-11-20-15(21-14)12-5-7-13(18)8-6-12/h5-8,11H,4,9-10H2,1-3H3,(H,19,22)(H,20,21). The fourth-order valence-electron chi connectivity index (χ4n) is 1.95. The molecule has 0 unspecified atom stereocenters. The number of aromatic nitrogens is 2. The van der Waals surface area contributed by atoms with Crippen LogP contribution in [-0.2, 0) is 11.2 Å². The number of rotatable bonds is 6. The number of carbonyl (C=O) groups excluding carboxylic acids is 1. The Labute approximate surface area is 136 Å². The Balaban J connectivity index is 1.90. The average molecular weight is 320 g/mol. The summed E-state index contributed by atoms with van der Waals surface area (Å²) in [5.74, 6) is 0.902. The van der Waals surface area contributed by atoms with Crippen LogP contribution in [0.1, 0.15) is 32.9 Å². The number of carbonyl (C=O) groups is 1. The van der Waals surface area contributed by atoms with Gasteiger partial charge in [-0.1, -0.05) is 32.4 Å². The lowest BCUT2D eigenvalue weighted by molar-refractivity contribution is -0.129. The van der Waals surface area contributed by atoms with E-state index in [1.807, 2.05) is 45.0 Å². The molecular weight excluding hydrogens is 298 g/mol. The van der Waals surface area contributed by atoms with Gasteiger partial charge >= 0.3 is 0 Å². The van der Waals surface area contributed by atoms with E-state index in [1.54, 1.807) is 6.20 Å². The van der Waals surface area contributed by atoms with Gasteiger partial charge < -0.3 is 10.3 Å². The Morgan fingerprint density at radius 3 is 2.64 bits per heavy atom. The Morgan fingerprint density at radius 1 is 1.32 bits per heavy atom. The van der Waals surface area contributed by atoms with Gasteiger partial charge in [-0.05, 0) is 30.7 Å². The van der Waals surface area contributed by atoms with Crippen molar-refractivity contribution in [2.75, 3.05) is 6.54 Å². The minimum absolute atomic E-state index is 0.0902. The highest BCUT2D eigenvalue weighted by atomic mass is 35.5. The number of H-pyrrole nitrogens is 1. The second-order valence-electron chi connectivity index (χ2n) is 6.01. The molecule has 0 aliphatic carbocycles. The van der Waals surface area contributed by atoms with E-state index in [0.29, 0.717) is 11.6 Å². The largest absolute Gasteiger partial charge is 0.355 e. The summed E-state index contributed by atoms with van der Waals surface area (Å²) in [6.45, 7) is 6.53. The number of nitrogens with zero attached hydrogens (tertiary/aromatic N) is 1. The first-order valence-corrected chi connectivity index (χ1v) is 7.88. The van der Waals surface area contributed by atoms with Crippen molar-refractivity contribution in [3.05, 3.63) is 41.2 Å². The molecule has 118 valence electrons. The van der Waals surface area contributed by atoms with Gasteiger partial charge in [0.05, 0.1) is 0 Å². The molecule has 2 rings (SSSR count). The fourth-order valence-corrected chi connectivity index (χ4v) is 2.08. The highest BCUT2D eigenvalue weighted by Gasteiger charge is 2.24. The van der Waals surface area contributed by atoms with Crippen molar-refractivity contribution in [3.8, 4) is 11.4 Å². The second-order valence-corrected chi connectivity index (χ2v) is 6.44. The zero-order valence-electron chi connectivity index (χ0n) is 13.2. The van der Waals surface area contributed by atoms with E-state index in [-0.39, 0.29) is 11.3 Å². The van der Waals surface area contributed by atoms with Crippen molar-refractivity contribution < 1.29 is 4.79 Å². The Bertz CT molecular complexity index is 632. The van der Waals surface area contributed by atoms with Crippen LogP contribution >= 0.6 is 11.6 Å². The molecule has 0 spiro atoms. The summed E-state index contributed by atoms with van der Waals surface area (Å²) in [5, 5.41) is 3.68. The molecule has 2 N–H and O–H groups in total. The summed E-state index contributed by atoms with van der Waals surface area (Å²) in [4.78, 5) is 19.6. The highest BCUT2D eigenvalue weighted by molar-refractivity contribution is 6.30. The molecule has 0 saturated heterocycles. The smallest absolute Gasteiger partial charge is 0.225 e. The zero-order chi connectivity index (χ0) is 16.2. The van der Waals surface area contributed by atoms with Crippen LogP contribution in [0, 0.1) is 5.41 Å². The topological polar surface area (TPSA) is 57.8 Å². The van der Waals surface area contributed by atoms with Gasteiger partial charge in [-0.3, -0.25) is 4.79 Å². The average Bonchev–Trinajstić information content (AvgIpc) is 2.96. The lowest BCUT2D eigenvalue weighted by Crippen LogP contribution is -2.37. The first-order valence-electron chi connectivity index (χ1n) is 7.50. The quantitative estimate of drug-likeness (QED) is 0.850. The van der Waals surface area contributed by atoms with E-state index in [9.17, 15) is 4.79 Å². The molecule has 1 heterocycles. The van der Waals surface area contributed by atoms with Crippen molar-refractivity contribution in [1.82, 2.24) is 15.3 Å². The van der Waals surface area contributed by atoms with Gasteiger partial charge in [-0.25, -0.2) is 4.98 Å². The predicted octanol–water partition coefficient (Wildman–Crippen LogP) is 3.83. The number of nitrogens with one attached hydrogen (secondary N) is 2. The van der Waals surface area contributed by atoms with Gasteiger partial charge in [0, 0.05) is 40.9 Å². The van der Waals surface area contributed by atoms with Gasteiger partial charge in [-0.15, -0.1) is 0 Å². The summed E-state index contributed by atoms with van der Waals surface area (Å²) >= 11 is 5.88. The summed E-state index contributed by atoms with van der Waals surface area (Å²) < 4.78 is 0. The molecule has 0 aliphatic heterocycles. The van der Waals surface area contributed by atoms with Gasteiger partial charge in [0.1, 0.15) is 5.82 Å². The van der Waals surface area contributed by atoms with Crippen LogP contribution < -0.4 is 5.32 Å². The highest BCUT2D eigenvalue weighted by Crippen LogP contribution is 2.20. The number of benzene rings is 1. The first kappa shape index (κ1) is 16.6. The van der Waals surface area contributed by atoms with E-state index in [2.05, 4.69) is 15.3 Å². The second kappa shape index (κ2) is 6.97. The molecule has 4 nitrogen and oxygen atoms in total. The van der Waals surface area contributed by atoms with Crippen LogP contribution in [0.15, 0.2) is 30.5 Å². The van der Waals surface area contributed by atoms with Crippen molar-refractivity contribution in [2.24, 2.45) is 5.41 Å². The third kappa shape index (κ3) is 4.10. The van der Waals surface area contributed by atoms with Crippen molar-refractivity contribution >= 4 is 17.5 Å². The van der Waals surface area contributed by atoms with Crippen molar-refractivity contribution in [1.29, 1.82) is 0 Å². The van der Waals surface area contributed by atoms with Crippen LogP contribution in [0.25, 0.3) is 11.4 Å². The molecule has 0 atom stereocenters. The van der Waals surface area contributed by atoms with Gasteiger partial charge in [-0.2, -0.15) is 0 Å². The Kier molecular flexibility index (Phi) is 5.24. The SMILES string of the molecule is CCC(C)(C)C(=O)NCCc1cnc(-c2ccc(Cl)cc2)[nH]1. The van der Waals surface area contributed by atoms with E-state index >= 15 is 0 Å². The lowest BCUT2D eigenvalue weighted by Gasteiger charge is -2.21. The molecule has 0 saturated carbocycles.